The zero-order valence-electron chi connectivity index (χ0n) is 14.9. The number of rotatable bonds is 4. The fourth-order valence-corrected chi connectivity index (χ4v) is 4.29. The van der Waals surface area contributed by atoms with Crippen molar-refractivity contribution in [2.24, 2.45) is 17.3 Å². The first-order valence-electron chi connectivity index (χ1n) is 9.36. The number of likely N-dealkylation sites (tertiary alicyclic amines) is 1. The molecule has 3 aliphatic heterocycles. The number of nitriles is 1. The van der Waals surface area contributed by atoms with Gasteiger partial charge in [0.1, 0.15) is 5.41 Å². The lowest BCUT2D eigenvalue weighted by molar-refractivity contribution is -0.147. The van der Waals surface area contributed by atoms with Crippen molar-refractivity contribution in [1.29, 1.82) is 5.26 Å². The molecule has 0 bridgehead atoms. The second-order valence-electron chi connectivity index (χ2n) is 7.58. The van der Waals surface area contributed by atoms with E-state index < -0.39 is 5.41 Å². The van der Waals surface area contributed by atoms with Crippen molar-refractivity contribution in [3.05, 3.63) is 0 Å². The molecule has 7 nitrogen and oxygen atoms in total. The molecule has 140 valence electrons. The van der Waals surface area contributed by atoms with E-state index in [0.717, 1.165) is 39.3 Å². The molecule has 25 heavy (non-hydrogen) atoms. The molecule has 1 amide bonds. The Balaban J connectivity index is 1.66. The lowest BCUT2D eigenvalue weighted by Crippen LogP contribution is -2.54. The van der Waals surface area contributed by atoms with E-state index >= 15 is 0 Å². The quantitative estimate of drug-likeness (QED) is 0.773. The van der Waals surface area contributed by atoms with E-state index in [0.29, 0.717) is 45.1 Å². The van der Waals surface area contributed by atoms with E-state index in [4.69, 9.17) is 9.47 Å². The molecule has 7 heteroatoms. The van der Waals surface area contributed by atoms with Crippen LogP contribution in [0.1, 0.15) is 19.3 Å². The molecular weight excluding hydrogens is 322 g/mol. The van der Waals surface area contributed by atoms with E-state index in [1.807, 2.05) is 4.90 Å². The summed E-state index contributed by atoms with van der Waals surface area (Å²) in [5.74, 6) is 0.367. The molecule has 0 aromatic carbocycles. The van der Waals surface area contributed by atoms with Crippen LogP contribution in [-0.4, -0.2) is 86.6 Å². The number of hydrogen-bond donors (Lipinski definition) is 1. The summed E-state index contributed by atoms with van der Waals surface area (Å²) in [4.78, 5) is 17.4. The Morgan fingerprint density at radius 2 is 1.76 bits per heavy atom. The average molecular weight is 351 g/mol. The van der Waals surface area contributed by atoms with Gasteiger partial charge in [0.05, 0.1) is 19.3 Å². The van der Waals surface area contributed by atoms with Gasteiger partial charge in [-0.25, -0.2) is 0 Å². The summed E-state index contributed by atoms with van der Waals surface area (Å²) in [6, 6.07) is 2.28. The maximum atomic E-state index is 13.1. The standard InChI is InChI=1S/C18H29N3O4/c19-14-18(1-5-24-6-2-18)17(23)21-11-15(9-16(12-21)13-22)10-20-3-7-25-8-4-20/h15-16,22H,1-13H2/t15-,16-/m1/s1. The third-order valence-electron chi connectivity index (χ3n) is 5.76. The third kappa shape index (κ3) is 4.32. The molecule has 0 radical (unpaired) electrons. The summed E-state index contributed by atoms with van der Waals surface area (Å²) in [6.07, 6.45) is 1.87. The van der Waals surface area contributed by atoms with Crippen LogP contribution >= 0.6 is 0 Å². The van der Waals surface area contributed by atoms with Gasteiger partial charge >= 0.3 is 0 Å². The van der Waals surface area contributed by atoms with E-state index in [9.17, 15) is 15.2 Å². The van der Waals surface area contributed by atoms with Crippen molar-refractivity contribution >= 4 is 5.91 Å². The van der Waals surface area contributed by atoms with E-state index in [1.165, 1.54) is 0 Å². The minimum absolute atomic E-state index is 0.0663. The largest absolute Gasteiger partial charge is 0.396 e. The third-order valence-corrected chi connectivity index (χ3v) is 5.76. The molecule has 0 saturated carbocycles. The maximum Gasteiger partial charge on any atom is 0.243 e. The van der Waals surface area contributed by atoms with Crippen LogP contribution in [0.2, 0.25) is 0 Å². The Bertz CT molecular complexity index is 495. The predicted octanol–water partition coefficient (Wildman–Crippen LogP) is 0.0960. The molecule has 1 N–H and O–H groups in total. The van der Waals surface area contributed by atoms with Crippen molar-refractivity contribution in [3.8, 4) is 6.07 Å². The highest BCUT2D eigenvalue weighted by Gasteiger charge is 2.45. The second kappa shape index (κ2) is 8.45. The molecule has 3 aliphatic rings. The minimum atomic E-state index is -0.945. The van der Waals surface area contributed by atoms with Crippen molar-refractivity contribution in [2.75, 3.05) is 65.8 Å². The van der Waals surface area contributed by atoms with Gasteiger partial charge in [-0.05, 0) is 31.1 Å². The SMILES string of the molecule is N#CC1(C(=O)N2C[C@H](CO)C[C@H](CN3CCOCC3)C2)CCOCC1. The van der Waals surface area contributed by atoms with Gasteiger partial charge in [-0.15, -0.1) is 0 Å². The highest BCUT2D eigenvalue weighted by Crippen LogP contribution is 2.34. The number of carbonyl (C=O) groups is 1. The summed E-state index contributed by atoms with van der Waals surface area (Å²) in [5.41, 5.74) is -0.945. The molecule has 0 spiro atoms. The van der Waals surface area contributed by atoms with Crippen LogP contribution < -0.4 is 0 Å². The Labute approximate surface area is 149 Å². The zero-order chi connectivity index (χ0) is 17.7. The first-order chi connectivity index (χ1) is 12.2. The van der Waals surface area contributed by atoms with Gasteiger partial charge in [0.2, 0.25) is 5.91 Å². The zero-order valence-corrected chi connectivity index (χ0v) is 14.9. The number of carbonyl (C=O) groups excluding carboxylic acids is 1. The Morgan fingerprint density at radius 3 is 2.40 bits per heavy atom. The van der Waals surface area contributed by atoms with Crippen molar-refractivity contribution in [3.63, 3.8) is 0 Å². The maximum absolute atomic E-state index is 13.1. The van der Waals surface area contributed by atoms with Gasteiger partial charge in [0, 0.05) is 52.5 Å². The number of aliphatic hydroxyl groups is 1. The second-order valence-corrected chi connectivity index (χ2v) is 7.58. The Morgan fingerprint density at radius 1 is 1.12 bits per heavy atom. The number of aliphatic hydroxyl groups excluding tert-OH is 1. The fraction of sp³-hybridized carbons (Fsp3) is 0.889. The number of ether oxygens (including phenoxy) is 2. The van der Waals surface area contributed by atoms with Gasteiger partial charge < -0.3 is 19.5 Å². The highest BCUT2D eigenvalue weighted by atomic mass is 16.5. The van der Waals surface area contributed by atoms with Gasteiger partial charge in [0.15, 0.2) is 0 Å². The number of nitrogens with zero attached hydrogens (tertiary/aromatic N) is 3. The van der Waals surface area contributed by atoms with E-state index in [2.05, 4.69) is 11.0 Å². The number of piperidine rings is 1. The van der Waals surface area contributed by atoms with E-state index in [1.54, 1.807) is 0 Å². The first kappa shape index (κ1) is 18.6. The van der Waals surface area contributed by atoms with Gasteiger partial charge in [-0.2, -0.15) is 5.26 Å². The molecule has 0 unspecified atom stereocenters. The Kier molecular flexibility index (Phi) is 6.29. The van der Waals surface area contributed by atoms with E-state index in [-0.39, 0.29) is 18.4 Å². The molecule has 3 heterocycles. The van der Waals surface area contributed by atoms with Crippen molar-refractivity contribution < 1.29 is 19.4 Å². The lowest BCUT2D eigenvalue weighted by atomic mass is 9.79. The summed E-state index contributed by atoms with van der Waals surface area (Å²) < 4.78 is 10.8. The summed E-state index contributed by atoms with van der Waals surface area (Å²) in [7, 11) is 0. The Hall–Kier alpha value is -1.20. The smallest absolute Gasteiger partial charge is 0.243 e. The monoisotopic (exact) mass is 351 g/mol. The summed E-state index contributed by atoms with van der Waals surface area (Å²) in [6.45, 7) is 6.55. The molecule has 0 aliphatic carbocycles. The molecule has 0 aromatic rings. The molecule has 3 rings (SSSR count). The number of amides is 1. The molecule has 2 atom stereocenters. The minimum Gasteiger partial charge on any atom is -0.396 e. The summed E-state index contributed by atoms with van der Waals surface area (Å²) >= 11 is 0. The van der Waals surface area contributed by atoms with Gasteiger partial charge in [-0.1, -0.05) is 0 Å². The van der Waals surface area contributed by atoms with Gasteiger partial charge in [-0.3, -0.25) is 9.69 Å². The van der Waals surface area contributed by atoms with Crippen LogP contribution in [0, 0.1) is 28.6 Å². The van der Waals surface area contributed by atoms with Crippen LogP contribution in [0.25, 0.3) is 0 Å². The van der Waals surface area contributed by atoms with Crippen LogP contribution in [-0.2, 0) is 14.3 Å². The highest BCUT2D eigenvalue weighted by molar-refractivity contribution is 5.85. The van der Waals surface area contributed by atoms with Crippen LogP contribution in [0.3, 0.4) is 0 Å². The van der Waals surface area contributed by atoms with Gasteiger partial charge in [0.25, 0.3) is 0 Å². The molecule has 3 fully saturated rings. The topological polar surface area (TPSA) is 86.0 Å². The normalized spacial score (nSPS) is 30.6. The van der Waals surface area contributed by atoms with Crippen LogP contribution in [0.15, 0.2) is 0 Å². The van der Waals surface area contributed by atoms with Crippen LogP contribution in [0.5, 0.6) is 0 Å². The van der Waals surface area contributed by atoms with Crippen molar-refractivity contribution in [1.82, 2.24) is 9.80 Å². The number of morpholine rings is 1. The number of hydrogen-bond acceptors (Lipinski definition) is 6. The van der Waals surface area contributed by atoms with Crippen LogP contribution in [0.4, 0.5) is 0 Å². The lowest BCUT2D eigenvalue weighted by Gasteiger charge is -2.43. The fourth-order valence-electron chi connectivity index (χ4n) is 4.29. The summed E-state index contributed by atoms with van der Waals surface area (Å²) in [5, 5.41) is 19.4. The molecule has 0 aromatic heterocycles. The first-order valence-corrected chi connectivity index (χ1v) is 9.36. The molecule has 3 saturated heterocycles. The van der Waals surface area contributed by atoms with Crippen molar-refractivity contribution in [2.45, 2.75) is 19.3 Å². The molecular formula is C18H29N3O4. The average Bonchev–Trinajstić information content (AvgIpc) is 2.68. The predicted molar refractivity (Wildman–Crippen MR) is 90.6 cm³/mol.